The molecule has 0 unspecified atom stereocenters. The van der Waals surface area contributed by atoms with Gasteiger partial charge in [-0.3, -0.25) is 0 Å². The van der Waals surface area contributed by atoms with Crippen LogP contribution in [-0.4, -0.2) is 73.3 Å². The quantitative estimate of drug-likeness (QED) is 0.283. The van der Waals surface area contributed by atoms with Crippen LogP contribution in [0.1, 0.15) is 67.9 Å². The van der Waals surface area contributed by atoms with Gasteiger partial charge in [0, 0.05) is 6.92 Å². The first kappa shape index (κ1) is 31.8. The number of benzene rings is 1. The van der Waals surface area contributed by atoms with E-state index in [2.05, 4.69) is 55.4 Å². The maximum Gasteiger partial charge on any atom is 0.366 e. The number of carbonyl (C=O) groups excluding carboxylic acids is 1. The summed E-state index contributed by atoms with van der Waals surface area (Å²) in [5.41, 5.74) is 1.58. The van der Waals surface area contributed by atoms with Gasteiger partial charge in [-0.2, -0.15) is 0 Å². The van der Waals surface area contributed by atoms with E-state index >= 15 is 0 Å². The van der Waals surface area contributed by atoms with Crippen molar-refractivity contribution in [3.8, 4) is 0 Å². The normalized spacial score (nSPS) is 33.5. The van der Waals surface area contributed by atoms with Gasteiger partial charge >= 0.3 is 23.1 Å². The van der Waals surface area contributed by atoms with Crippen molar-refractivity contribution in [2.24, 2.45) is 0 Å². The van der Waals surface area contributed by atoms with Gasteiger partial charge in [0.15, 0.2) is 6.29 Å². The van der Waals surface area contributed by atoms with E-state index in [4.69, 9.17) is 36.7 Å². The molecule has 0 aliphatic carbocycles. The molecule has 11 heteroatoms. The molecular weight excluding hydrogens is 548 g/mol. The van der Waals surface area contributed by atoms with Crippen LogP contribution in [0.3, 0.4) is 0 Å². The zero-order valence-corrected chi connectivity index (χ0v) is 27.7. The number of rotatable bonds is 8. The summed E-state index contributed by atoms with van der Waals surface area (Å²) < 4.78 is 52.2. The molecule has 3 aliphatic rings. The van der Waals surface area contributed by atoms with Crippen molar-refractivity contribution >= 4 is 23.1 Å². The fourth-order valence-corrected chi connectivity index (χ4v) is 17.5. The summed E-state index contributed by atoms with van der Waals surface area (Å²) in [5.74, 6) is -2.21. The van der Waals surface area contributed by atoms with Crippen LogP contribution in [0.2, 0.25) is 22.2 Å². The van der Waals surface area contributed by atoms with Gasteiger partial charge in [-0.05, 0) is 27.7 Å². The van der Waals surface area contributed by atoms with Crippen molar-refractivity contribution in [3.05, 3.63) is 35.9 Å². The monoisotopic (exact) mass is 596 g/mol. The van der Waals surface area contributed by atoms with Crippen LogP contribution in [0.15, 0.2) is 30.3 Å². The fourth-order valence-electron chi connectivity index (χ4n) is 6.20. The zero-order valence-electron chi connectivity index (χ0n) is 25.7. The predicted octanol–water partition coefficient (Wildman–Crippen LogP) is 5.56. The molecule has 3 fully saturated rings. The number of methoxy groups -OCH3 is 1. The van der Waals surface area contributed by atoms with Crippen molar-refractivity contribution in [3.63, 3.8) is 0 Å². The average molecular weight is 597 g/mol. The van der Waals surface area contributed by atoms with Crippen LogP contribution in [-0.2, 0) is 48.1 Å². The second-order valence-corrected chi connectivity index (χ2v) is 21.3. The number of hydrogen-bond acceptors (Lipinski definition) is 9. The van der Waals surface area contributed by atoms with Gasteiger partial charge < -0.3 is 36.7 Å². The van der Waals surface area contributed by atoms with Gasteiger partial charge in [-0.25, -0.2) is 4.79 Å². The van der Waals surface area contributed by atoms with E-state index in [0.717, 1.165) is 5.56 Å². The summed E-state index contributed by atoms with van der Waals surface area (Å²) in [5, 5.41) is 0. The van der Waals surface area contributed by atoms with Gasteiger partial charge in [0.2, 0.25) is 0 Å². The minimum Gasteiger partial charge on any atom is -0.465 e. The molecule has 0 spiro atoms. The van der Waals surface area contributed by atoms with E-state index in [-0.39, 0.29) is 28.8 Å². The third kappa shape index (κ3) is 5.74. The van der Waals surface area contributed by atoms with Crippen LogP contribution >= 0.6 is 0 Å². The molecular formula is C29H48O9Si2. The summed E-state index contributed by atoms with van der Waals surface area (Å²) in [7, 11) is -4.55. The Balaban J connectivity index is 1.82. The molecule has 0 amide bonds. The largest absolute Gasteiger partial charge is 0.465 e. The van der Waals surface area contributed by atoms with E-state index < -0.39 is 59.6 Å². The van der Waals surface area contributed by atoms with E-state index in [0.29, 0.717) is 6.61 Å². The lowest BCUT2D eigenvalue weighted by molar-refractivity contribution is -0.376. The van der Waals surface area contributed by atoms with Gasteiger partial charge in [0.25, 0.3) is 5.79 Å². The van der Waals surface area contributed by atoms with Crippen molar-refractivity contribution < 1.29 is 41.4 Å². The Hall–Kier alpha value is -1.16. The lowest BCUT2D eigenvalue weighted by Crippen LogP contribution is -2.69. The highest BCUT2D eigenvalue weighted by molar-refractivity contribution is 6.84. The first-order valence-corrected chi connectivity index (χ1v) is 18.5. The summed E-state index contributed by atoms with van der Waals surface area (Å²) in [6.07, 6.45) is -3.18. The molecule has 0 saturated carbocycles. The SMILES string of the molecule is COC(=O)[C@@]1(C)OC[C@H]2O[C@H](OCc3ccccc3)[C@@H]3O[Si](C(C)C)(C(C)C)O[Si](C(C)C)(C(C)C)O[C@H]3[C@@H]2O1. The number of carbonyl (C=O) groups is 1. The second kappa shape index (κ2) is 12.2. The molecule has 0 aromatic heterocycles. The molecule has 3 aliphatic heterocycles. The van der Waals surface area contributed by atoms with Gasteiger partial charge in [0.05, 0.1) is 20.3 Å². The predicted molar refractivity (Wildman–Crippen MR) is 154 cm³/mol. The third-order valence-corrected chi connectivity index (χ3v) is 18.7. The molecule has 3 heterocycles. The maximum absolute atomic E-state index is 12.7. The number of hydrogen-bond donors (Lipinski definition) is 0. The highest BCUT2D eigenvalue weighted by Crippen LogP contribution is 2.50. The lowest BCUT2D eigenvalue weighted by atomic mass is 9.97. The molecule has 0 N–H and O–H groups in total. The van der Waals surface area contributed by atoms with Crippen molar-refractivity contribution in [2.45, 2.75) is 128 Å². The van der Waals surface area contributed by atoms with Crippen molar-refractivity contribution in [1.29, 1.82) is 0 Å². The molecule has 0 radical (unpaired) electrons. The molecule has 226 valence electrons. The molecule has 3 saturated heterocycles. The van der Waals surface area contributed by atoms with Crippen LogP contribution < -0.4 is 0 Å². The van der Waals surface area contributed by atoms with E-state index in [1.54, 1.807) is 6.92 Å². The molecule has 4 rings (SSSR count). The molecule has 0 bridgehead atoms. The Kier molecular flexibility index (Phi) is 9.70. The Labute approximate surface area is 241 Å². The van der Waals surface area contributed by atoms with E-state index in [1.807, 2.05) is 30.3 Å². The Morgan fingerprint density at radius 3 is 1.98 bits per heavy atom. The van der Waals surface area contributed by atoms with Crippen molar-refractivity contribution in [1.82, 2.24) is 0 Å². The number of esters is 1. The Morgan fingerprint density at radius 1 is 0.900 bits per heavy atom. The molecule has 1 aromatic rings. The highest BCUT2D eigenvalue weighted by Gasteiger charge is 2.66. The summed E-state index contributed by atoms with van der Waals surface area (Å²) in [6.45, 7) is 19.5. The van der Waals surface area contributed by atoms with E-state index in [9.17, 15) is 4.79 Å². The molecule has 9 nitrogen and oxygen atoms in total. The minimum absolute atomic E-state index is 0.115. The average Bonchev–Trinajstić information content (AvgIpc) is 3.09. The number of fused-ring (bicyclic) bond motifs is 3. The van der Waals surface area contributed by atoms with Gasteiger partial charge in [0.1, 0.15) is 24.4 Å². The van der Waals surface area contributed by atoms with Gasteiger partial charge in [-0.1, -0.05) is 85.7 Å². The number of ether oxygens (including phenoxy) is 5. The van der Waals surface area contributed by atoms with Crippen molar-refractivity contribution in [2.75, 3.05) is 13.7 Å². The zero-order chi connectivity index (χ0) is 29.5. The lowest BCUT2D eigenvalue weighted by Gasteiger charge is -2.51. The standard InChI is InChI=1S/C29H48O9Si2/c1-18(2)39(19(3)4)36-25-24-23(17-33-29(9,35-24)28(30)31-10)34-27(32-16-22-14-12-11-13-15-22)26(25)37-40(38-39,20(5)6)21(7)8/h11-15,18-21,23-27H,16-17H2,1-10H3/t23-,24-,25+,26-,27+,29+/m1/s1. The summed E-state index contributed by atoms with van der Waals surface area (Å²) in [6, 6.07) is 9.97. The Morgan fingerprint density at radius 2 is 1.45 bits per heavy atom. The van der Waals surface area contributed by atoms with Gasteiger partial charge in [-0.15, -0.1) is 0 Å². The molecule has 1 aromatic carbocycles. The Bertz CT molecular complexity index is 988. The minimum atomic E-state index is -2.94. The van der Waals surface area contributed by atoms with Crippen LogP contribution in [0.5, 0.6) is 0 Å². The van der Waals surface area contributed by atoms with Crippen LogP contribution in [0, 0.1) is 0 Å². The summed E-state index contributed by atoms with van der Waals surface area (Å²) in [4.78, 5) is 12.7. The van der Waals surface area contributed by atoms with Crippen LogP contribution in [0.25, 0.3) is 0 Å². The highest BCUT2D eigenvalue weighted by atomic mass is 28.5. The topological polar surface area (TPSA) is 90.9 Å². The van der Waals surface area contributed by atoms with Crippen LogP contribution in [0.4, 0.5) is 0 Å². The smallest absolute Gasteiger partial charge is 0.366 e. The summed E-state index contributed by atoms with van der Waals surface area (Å²) >= 11 is 0. The van der Waals surface area contributed by atoms with E-state index in [1.165, 1.54) is 7.11 Å². The fraction of sp³-hybridized carbons (Fsp3) is 0.759. The maximum atomic E-state index is 12.7. The molecule has 6 atom stereocenters. The second-order valence-electron chi connectivity index (χ2n) is 12.5. The third-order valence-electron chi connectivity index (χ3n) is 8.47. The first-order chi connectivity index (χ1) is 18.8. The molecule has 40 heavy (non-hydrogen) atoms. The first-order valence-electron chi connectivity index (χ1n) is 14.6.